The number of halogens is 1. The van der Waals surface area contributed by atoms with E-state index in [1.54, 1.807) is 49.6 Å². The molecule has 1 unspecified atom stereocenters. The Morgan fingerprint density at radius 1 is 1.24 bits per heavy atom. The van der Waals surface area contributed by atoms with E-state index in [1.807, 2.05) is 0 Å². The number of amides is 1. The number of anilines is 1. The largest absolute Gasteiger partial charge is 0.335 e. The van der Waals surface area contributed by atoms with E-state index in [0.717, 1.165) is 5.56 Å². The van der Waals surface area contributed by atoms with Crippen LogP contribution in [0.1, 0.15) is 6.92 Å². The average Bonchev–Trinajstić information content (AvgIpc) is 2.97. The molecular weight excluding hydrogens is 362 g/mol. The molecule has 0 radical (unpaired) electrons. The summed E-state index contributed by atoms with van der Waals surface area (Å²) < 4.78 is 1.34. The van der Waals surface area contributed by atoms with Gasteiger partial charge in [0.25, 0.3) is 0 Å². The number of nitrogens with zero attached hydrogens (tertiary/aromatic N) is 5. The maximum absolute atomic E-state index is 12.2. The summed E-state index contributed by atoms with van der Waals surface area (Å²) >= 11 is 7.07. The minimum absolute atomic E-state index is 0.246. The van der Waals surface area contributed by atoms with Crippen LogP contribution < -0.4 is 11.2 Å². The molecule has 10 heteroatoms. The van der Waals surface area contributed by atoms with Crippen molar-refractivity contribution in [1.82, 2.24) is 24.8 Å². The van der Waals surface area contributed by atoms with Crippen molar-refractivity contribution in [2.75, 3.05) is 11.2 Å². The predicted octanol–water partition coefficient (Wildman–Crippen LogP) is 2.22. The first-order chi connectivity index (χ1) is 12.0. The molecule has 1 amide bonds. The number of benzene rings is 1. The normalized spacial score (nSPS) is 11.9. The van der Waals surface area contributed by atoms with Crippen molar-refractivity contribution in [3.05, 3.63) is 47.7 Å². The molecule has 0 aliphatic carbocycles. The number of hydrogen-bond acceptors (Lipinski definition) is 7. The third kappa shape index (κ3) is 4.06. The lowest BCUT2D eigenvalue weighted by Gasteiger charge is -2.10. The molecule has 0 saturated carbocycles. The van der Waals surface area contributed by atoms with E-state index in [4.69, 9.17) is 17.4 Å². The maximum atomic E-state index is 12.2. The minimum Gasteiger partial charge on any atom is -0.335 e. The second-order valence-corrected chi connectivity index (χ2v) is 6.75. The number of hydrogen-bond donors (Lipinski definition) is 2. The summed E-state index contributed by atoms with van der Waals surface area (Å²) in [5.74, 6) is 6.53. The van der Waals surface area contributed by atoms with Gasteiger partial charge in [0.2, 0.25) is 17.0 Å². The van der Waals surface area contributed by atoms with Gasteiger partial charge in [-0.25, -0.2) is 14.6 Å². The molecule has 2 heterocycles. The van der Waals surface area contributed by atoms with E-state index in [0.29, 0.717) is 16.0 Å². The smallest absolute Gasteiger partial charge is 0.240 e. The fraction of sp³-hybridized carbons (Fsp3) is 0.133. The second kappa shape index (κ2) is 7.49. The van der Waals surface area contributed by atoms with Gasteiger partial charge < -0.3 is 5.84 Å². The summed E-state index contributed by atoms with van der Waals surface area (Å²) in [7, 11) is 0. The Kier molecular flexibility index (Phi) is 5.15. The van der Waals surface area contributed by atoms with Crippen LogP contribution in [-0.4, -0.2) is 36.0 Å². The first-order valence-electron chi connectivity index (χ1n) is 7.25. The molecule has 0 bridgehead atoms. The lowest BCUT2D eigenvalue weighted by Crippen LogP contribution is -2.24. The maximum Gasteiger partial charge on any atom is 0.240 e. The predicted molar refractivity (Wildman–Crippen MR) is 96.6 cm³/mol. The third-order valence-corrected chi connectivity index (χ3v) is 4.53. The molecule has 0 aliphatic rings. The Bertz CT molecular complexity index is 869. The van der Waals surface area contributed by atoms with Crippen LogP contribution in [0.3, 0.4) is 0 Å². The van der Waals surface area contributed by atoms with Crippen molar-refractivity contribution >= 4 is 35.2 Å². The monoisotopic (exact) mass is 375 g/mol. The van der Waals surface area contributed by atoms with Crippen molar-refractivity contribution in [2.45, 2.75) is 17.3 Å². The molecule has 8 nitrogen and oxygen atoms in total. The molecule has 25 heavy (non-hydrogen) atoms. The van der Waals surface area contributed by atoms with Gasteiger partial charge in [-0.2, -0.15) is 0 Å². The van der Waals surface area contributed by atoms with E-state index in [-0.39, 0.29) is 11.9 Å². The molecule has 0 fully saturated rings. The van der Waals surface area contributed by atoms with Gasteiger partial charge in [-0.1, -0.05) is 23.4 Å². The van der Waals surface area contributed by atoms with Crippen molar-refractivity contribution < 1.29 is 4.79 Å². The zero-order chi connectivity index (χ0) is 17.8. The molecule has 128 valence electrons. The van der Waals surface area contributed by atoms with Crippen molar-refractivity contribution in [1.29, 1.82) is 0 Å². The highest BCUT2D eigenvalue weighted by Crippen LogP contribution is 2.25. The Balaban J connectivity index is 1.70. The lowest BCUT2D eigenvalue weighted by atomic mass is 10.2. The van der Waals surface area contributed by atoms with Gasteiger partial charge >= 0.3 is 0 Å². The number of rotatable bonds is 5. The van der Waals surface area contributed by atoms with Crippen molar-refractivity contribution in [2.24, 2.45) is 0 Å². The van der Waals surface area contributed by atoms with E-state index in [1.165, 1.54) is 16.4 Å². The topological polar surface area (TPSA) is 112 Å². The van der Waals surface area contributed by atoms with E-state index >= 15 is 0 Å². The Morgan fingerprint density at radius 2 is 1.92 bits per heavy atom. The standard InChI is InChI=1S/C15H14ClN7OS/c1-9(13(24)20-14-18-7-2-8-19-14)25-15-22-21-12(23(15)17)10-3-5-11(16)6-4-10/h2-9H,17H2,1H3,(H,18,19,20,24). The molecule has 3 aromatic rings. The molecule has 3 rings (SSSR count). The van der Waals surface area contributed by atoms with Crippen molar-refractivity contribution in [3.63, 3.8) is 0 Å². The van der Waals surface area contributed by atoms with Gasteiger partial charge in [-0.3, -0.25) is 10.1 Å². The number of carbonyl (C=O) groups excluding carboxylic acids is 1. The van der Waals surface area contributed by atoms with Crippen molar-refractivity contribution in [3.8, 4) is 11.4 Å². The number of carbonyl (C=O) groups is 1. The van der Waals surface area contributed by atoms with Crippen LogP contribution in [0, 0.1) is 0 Å². The molecule has 0 spiro atoms. The number of nitrogens with one attached hydrogen (secondary N) is 1. The van der Waals surface area contributed by atoms with Crippen LogP contribution in [0.2, 0.25) is 5.02 Å². The highest BCUT2D eigenvalue weighted by molar-refractivity contribution is 8.00. The zero-order valence-corrected chi connectivity index (χ0v) is 14.7. The molecule has 1 atom stereocenters. The molecule has 0 aliphatic heterocycles. The van der Waals surface area contributed by atoms with Crippen LogP contribution in [-0.2, 0) is 4.79 Å². The Morgan fingerprint density at radius 3 is 2.60 bits per heavy atom. The first kappa shape index (κ1) is 17.2. The van der Waals surface area contributed by atoms with Crippen LogP contribution >= 0.6 is 23.4 Å². The van der Waals surface area contributed by atoms with Gasteiger partial charge in [0, 0.05) is 23.0 Å². The van der Waals surface area contributed by atoms with Gasteiger partial charge in [0.15, 0.2) is 5.82 Å². The Labute approximate surface area is 152 Å². The number of nitrogen functional groups attached to an aromatic ring is 1. The van der Waals surface area contributed by atoms with Crippen LogP contribution in [0.15, 0.2) is 47.9 Å². The van der Waals surface area contributed by atoms with Crippen LogP contribution in [0.25, 0.3) is 11.4 Å². The second-order valence-electron chi connectivity index (χ2n) is 5.00. The first-order valence-corrected chi connectivity index (χ1v) is 8.51. The molecule has 1 aromatic carbocycles. The van der Waals surface area contributed by atoms with Gasteiger partial charge in [-0.15, -0.1) is 10.2 Å². The summed E-state index contributed by atoms with van der Waals surface area (Å²) in [4.78, 5) is 20.1. The minimum atomic E-state index is -0.464. The Hall–Kier alpha value is -2.65. The fourth-order valence-corrected chi connectivity index (χ4v) is 2.84. The average molecular weight is 376 g/mol. The SMILES string of the molecule is CC(Sc1nnc(-c2ccc(Cl)cc2)n1N)C(=O)Nc1ncccn1. The van der Waals surface area contributed by atoms with E-state index < -0.39 is 5.25 Å². The molecule has 0 saturated heterocycles. The van der Waals surface area contributed by atoms with Gasteiger partial charge in [-0.05, 0) is 37.3 Å². The van der Waals surface area contributed by atoms with Crippen LogP contribution in [0.5, 0.6) is 0 Å². The quantitative estimate of drug-likeness (QED) is 0.519. The molecular formula is C15H14ClN7OS. The highest BCUT2D eigenvalue weighted by Gasteiger charge is 2.20. The van der Waals surface area contributed by atoms with Gasteiger partial charge in [0.1, 0.15) is 0 Å². The number of thioether (sulfide) groups is 1. The summed E-state index contributed by atoms with van der Waals surface area (Å²) in [6.45, 7) is 1.74. The third-order valence-electron chi connectivity index (χ3n) is 3.22. The number of aromatic nitrogens is 5. The molecule has 2 aromatic heterocycles. The summed E-state index contributed by atoms with van der Waals surface area (Å²) in [6, 6.07) is 8.76. The van der Waals surface area contributed by atoms with Gasteiger partial charge in [0.05, 0.1) is 5.25 Å². The zero-order valence-electron chi connectivity index (χ0n) is 13.1. The lowest BCUT2D eigenvalue weighted by molar-refractivity contribution is -0.115. The highest BCUT2D eigenvalue weighted by atomic mass is 35.5. The fourth-order valence-electron chi connectivity index (χ4n) is 1.94. The summed E-state index contributed by atoms with van der Waals surface area (Å²) in [5, 5.41) is 11.3. The van der Waals surface area contributed by atoms with E-state index in [9.17, 15) is 4.79 Å². The van der Waals surface area contributed by atoms with Crippen LogP contribution in [0.4, 0.5) is 5.95 Å². The summed E-state index contributed by atoms with van der Waals surface area (Å²) in [5.41, 5.74) is 0.779. The van der Waals surface area contributed by atoms with E-state index in [2.05, 4.69) is 25.5 Å². The molecule has 3 N–H and O–H groups in total. The summed E-state index contributed by atoms with van der Waals surface area (Å²) in [6.07, 6.45) is 3.10. The number of nitrogens with two attached hydrogens (primary N) is 1.